The number of carbonyl (C=O) groups excluding carboxylic acids is 1. The molecule has 0 radical (unpaired) electrons. The number of esters is 1. The molecule has 0 amide bonds. The predicted molar refractivity (Wildman–Crippen MR) is 104 cm³/mol. The number of halogens is 1. The van der Waals surface area contributed by atoms with Crippen molar-refractivity contribution in [3.8, 4) is 0 Å². The SMILES string of the molecule is O=C(OCc1cc2ccccc2nc1Cl)[C@@H]1CCCCN1c1ncccn1. The lowest BCUT2D eigenvalue weighted by Crippen LogP contribution is -2.46. The number of hydrogen-bond acceptors (Lipinski definition) is 6. The van der Waals surface area contributed by atoms with Gasteiger partial charge in [-0.3, -0.25) is 0 Å². The summed E-state index contributed by atoms with van der Waals surface area (Å²) in [5, 5.41) is 1.32. The molecule has 3 aromatic rings. The van der Waals surface area contributed by atoms with E-state index in [1.165, 1.54) is 0 Å². The van der Waals surface area contributed by atoms with Crippen LogP contribution in [0.2, 0.25) is 5.15 Å². The van der Waals surface area contributed by atoms with Gasteiger partial charge >= 0.3 is 5.97 Å². The van der Waals surface area contributed by atoms with Gasteiger partial charge in [-0.25, -0.2) is 19.7 Å². The summed E-state index contributed by atoms with van der Waals surface area (Å²) in [6.45, 7) is 0.831. The molecule has 0 unspecified atom stereocenters. The number of benzene rings is 1. The van der Waals surface area contributed by atoms with Crippen LogP contribution in [-0.4, -0.2) is 33.5 Å². The van der Waals surface area contributed by atoms with Gasteiger partial charge in [0.05, 0.1) is 5.52 Å². The van der Waals surface area contributed by atoms with Crippen LogP contribution in [0.5, 0.6) is 0 Å². The average molecular weight is 383 g/mol. The Labute approximate surface area is 162 Å². The number of ether oxygens (including phenoxy) is 1. The summed E-state index contributed by atoms with van der Waals surface area (Å²) >= 11 is 6.26. The Morgan fingerprint density at radius 3 is 2.85 bits per heavy atom. The molecule has 0 spiro atoms. The molecule has 1 aromatic carbocycles. The van der Waals surface area contributed by atoms with E-state index in [1.54, 1.807) is 18.5 Å². The second kappa shape index (κ2) is 7.88. The second-order valence-electron chi connectivity index (χ2n) is 6.49. The minimum Gasteiger partial charge on any atom is -0.459 e. The molecular formula is C20H19ClN4O2. The van der Waals surface area contributed by atoms with Crippen molar-refractivity contribution in [3.63, 3.8) is 0 Å². The van der Waals surface area contributed by atoms with Crippen LogP contribution in [0.1, 0.15) is 24.8 Å². The van der Waals surface area contributed by atoms with Crippen molar-refractivity contribution in [1.82, 2.24) is 15.0 Å². The van der Waals surface area contributed by atoms with Gasteiger partial charge in [-0.15, -0.1) is 0 Å². The maximum atomic E-state index is 12.7. The van der Waals surface area contributed by atoms with Crippen LogP contribution in [0.15, 0.2) is 48.8 Å². The summed E-state index contributed by atoms with van der Waals surface area (Å²) in [6.07, 6.45) is 6.06. The van der Waals surface area contributed by atoms with Crippen LogP contribution < -0.4 is 4.90 Å². The molecule has 2 aromatic heterocycles. The summed E-state index contributed by atoms with van der Waals surface area (Å²) in [5.74, 6) is 0.274. The third kappa shape index (κ3) is 3.85. The topological polar surface area (TPSA) is 68.2 Å². The standard InChI is InChI=1S/C20H19ClN4O2/c21-18-15(12-14-6-1-2-7-16(14)24-18)13-27-19(26)17-8-3-4-11-25(17)20-22-9-5-10-23-20/h1-2,5-7,9-10,12,17H,3-4,8,11,13H2/t17-/m0/s1. The number of anilines is 1. The number of piperidine rings is 1. The fraction of sp³-hybridized carbons (Fsp3) is 0.300. The molecule has 138 valence electrons. The van der Waals surface area contributed by atoms with E-state index in [-0.39, 0.29) is 18.6 Å². The van der Waals surface area contributed by atoms with Crippen LogP contribution in [-0.2, 0) is 16.1 Å². The molecule has 7 heteroatoms. The first kappa shape index (κ1) is 17.7. The summed E-state index contributed by atoms with van der Waals surface area (Å²) in [6, 6.07) is 11.0. The van der Waals surface area contributed by atoms with Crippen LogP contribution >= 0.6 is 11.6 Å². The normalized spacial score (nSPS) is 17.1. The van der Waals surface area contributed by atoms with Gasteiger partial charge in [-0.2, -0.15) is 0 Å². The van der Waals surface area contributed by atoms with Gasteiger partial charge in [0.1, 0.15) is 17.8 Å². The summed E-state index contributed by atoms with van der Waals surface area (Å²) in [5.41, 5.74) is 1.51. The molecule has 0 saturated carbocycles. The van der Waals surface area contributed by atoms with E-state index >= 15 is 0 Å². The number of para-hydroxylation sites is 1. The maximum absolute atomic E-state index is 12.7. The first-order valence-corrected chi connectivity index (χ1v) is 9.34. The highest BCUT2D eigenvalue weighted by molar-refractivity contribution is 6.30. The first-order valence-electron chi connectivity index (χ1n) is 8.97. The van der Waals surface area contributed by atoms with Crippen molar-refractivity contribution in [1.29, 1.82) is 0 Å². The smallest absolute Gasteiger partial charge is 0.329 e. The number of rotatable bonds is 4. The van der Waals surface area contributed by atoms with E-state index in [0.29, 0.717) is 16.7 Å². The van der Waals surface area contributed by atoms with E-state index in [0.717, 1.165) is 36.7 Å². The Morgan fingerprint density at radius 2 is 2.00 bits per heavy atom. The Balaban J connectivity index is 1.49. The van der Waals surface area contributed by atoms with E-state index in [2.05, 4.69) is 15.0 Å². The Bertz CT molecular complexity index is 951. The molecule has 3 heterocycles. The Kier molecular flexibility index (Phi) is 5.16. The molecular weight excluding hydrogens is 364 g/mol. The monoisotopic (exact) mass is 382 g/mol. The molecule has 1 aliphatic heterocycles. The van der Waals surface area contributed by atoms with Crippen molar-refractivity contribution < 1.29 is 9.53 Å². The molecule has 0 N–H and O–H groups in total. The van der Waals surface area contributed by atoms with Crippen LogP contribution in [0.4, 0.5) is 5.95 Å². The second-order valence-corrected chi connectivity index (χ2v) is 6.85. The van der Waals surface area contributed by atoms with Crippen LogP contribution in [0.25, 0.3) is 10.9 Å². The molecule has 1 saturated heterocycles. The van der Waals surface area contributed by atoms with E-state index in [9.17, 15) is 4.79 Å². The highest BCUT2D eigenvalue weighted by Crippen LogP contribution is 2.24. The van der Waals surface area contributed by atoms with Gasteiger partial charge in [0, 0.05) is 29.9 Å². The number of pyridine rings is 1. The minimum atomic E-state index is -0.381. The largest absolute Gasteiger partial charge is 0.459 e. The first-order chi connectivity index (χ1) is 13.2. The Morgan fingerprint density at radius 1 is 1.19 bits per heavy atom. The van der Waals surface area contributed by atoms with Crippen molar-refractivity contribution >= 4 is 34.4 Å². The predicted octanol–water partition coefficient (Wildman–Crippen LogP) is 3.78. The van der Waals surface area contributed by atoms with Crippen molar-refractivity contribution in [3.05, 3.63) is 59.5 Å². The highest BCUT2D eigenvalue weighted by atomic mass is 35.5. The summed E-state index contributed by atoms with van der Waals surface area (Å²) in [4.78, 5) is 27.6. The zero-order valence-corrected chi connectivity index (χ0v) is 15.5. The molecule has 1 aliphatic rings. The van der Waals surface area contributed by atoms with Gasteiger partial charge < -0.3 is 9.64 Å². The number of carbonyl (C=O) groups is 1. The molecule has 0 bridgehead atoms. The number of aromatic nitrogens is 3. The molecule has 27 heavy (non-hydrogen) atoms. The van der Waals surface area contributed by atoms with Gasteiger partial charge in [-0.05, 0) is 37.5 Å². The molecule has 1 fully saturated rings. The van der Waals surface area contributed by atoms with Gasteiger partial charge in [0.15, 0.2) is 0 Å². The lowest BCUT2D eigenvalue weighted by Gasteiger charge is -2.33. The fourth-order valence-corrected chi connectivity index (χ4v) is 3.54. The van der Waals surface area contributed by atoms with Crippen LogP contribution in [0, 0.1) is 0 Å². The zero-order valence-electron chi connectivity index (χ0n) is 14.7. The zero-order chi connectivity index (χ0) is 18.6. The van der Waals surface area contributed by atoms with Crippen LogP contribution in [0.3, 0.4) is 0 Å². The average Bonchev–Trinajstić information content (AvgIpc) is 2.72. The molecule has 1 atom stereocenters. The van der Waals surface area contributed by atoms with Gasteiger partial charge in [0.25, 0.3) is 0 Å². The van der Waals surface area contributed by atoms with Gasteiger partial charge in [-0.1, -0.05) is 29.8 Å². The van der Waals surface area contributed by atoms with Gasteiger partial charge in [0.2, 0.25) is 5.95 Å². The Hall–Kier alpha value is -2.73. The number of nitrogens with zero attached hydrogens (tertiary/aromatic N) is 4. The fourth-order valence-electron chi connectivity index (χ4n) is 3.34. The molecule has 0 aliphatic carbocycles. The third-order valence-electron chi connectivity index (χ3n) is 4.70. The van der Waals surface area contributed by atoms with Crippen molar-refractivity contribution in [2.45, 2.75) is 31.9 Å². The third-order valence-corrected chi connectivity index (χ3v) is 5.03. The lowest BCUT2D eigenvalue weighted by molar-refractivity contribution is -0.147. The van der Waals surface area contributed by atoms with E-state index in [4.69, 9.17) is 16.3 Å². The van der Waals surface area contributed by atoms with E-state index < -0.39 is 0 Å². The molecule has 6 nitrogen and oxygen atoms in total. The van der Waals surface area contributed by atoms with Crippen molar-refractivity contribution in [2.24, 2.45) is 0 Å². The highest BCUT2D eigenvalue weighted by Gasteiger charge is 2.31. The summed E-state index contributed by atoms with van der Waals surface area (Å²) < 4.78 is 5.59. The summed E-state index contributed by atoms with van der Waals surface area (Å²) in [7, 11) is 0. The van der Waals surface area contributed by atoms with E-state index in [1.807, 2.05) is 35.2 Å². The lowest BCUT2D eigenvalue weighted by atomic mass is 10.0. The van der Waals surface area contributed by atoms with Crippen molar-refractivity contribution in [2.75, 3.05) is 11.4 Å². The molecule has 4 rings (SSSR count). The minimum absolute atomic E-state index is 0.0927. The quantitative estimate of drug-likeness (QED) is 0.505. The number of fused-ring (bicyclic) bond motifs is 1. The number of hydrogen-bond donors (Lipinski definition) is 0. The maximum Gasteiger partial charge on any atom is 0.329 e.